The number of aromatic nitrogens is 3. The van der Waals surface area contributed by atoms with Crippen molar-refractivity contribution in [3.05, 3.63) is 54.1 Å². The minimum absolute atomic E-state index is 0.0421. The molecule has 0 radical (unpaired) electrons. The molecule has 2 aromatic carbocycles. The van der Waals surface area contributed by atoms with Crippen molar-refractivity contribution in [3.8, 4) is 11.3 Å². The fourth-order valence-corrected chi connectivity index (χ4v) is 7.07. The van der Waals surface area contributed by atoms with Crippen LogP contribution < -0.4 is 5.32 Å². The number of nitrogens with zero attached hydrogens (tertiary/aromatic N) is 4. The molecular formula is C29H37F2N5O3SSi. The van der Waals surface area contributed by atoms with E-state index in [-0.39, 0.29) is 29.8 Å². The lowest BCUT2D eigenvalue weighted by Gasteiger charge is -2.31. The molecule has 0 unspecified atom stereocenters. The van der Waals surface area contributed by atoms with Gasteiger partial charge in [0, 0.05) is 44.6 Å². The number of sulfonamides is 1. The number of hydrogen-bond donors (Lipinski definition) is 1. The molecule has 3 heterocycles. The van der Waals surface area contributed by atoms with Crippen molar-refractivity contribution in [1.29, 1.82) is 0 Å². The molecule has 8 nitrogen and oxygen atoms in total. The summed E-state index contributed by atoms with van der Waals surface area (Å²) in [6.45, 7) is 10.2. The molecule has 0 atom stereocenters. The summed E-state index contributed by atoms with van der Waals surface area (Å²) >= 11 is 0. The summed E-state index contributed by atoms with van der Waals surface area (Å²) in [4.78, 5) is 4.84. The second-order valence-corrected chi connectivity index (χ2v) is 19.6. The molecule has 0 spiro atoms. The molecule has 5 rings (SSSR count). The second-order valence-electron chi connectivity index (χ2n) is 11.7. The third kappa shape index (κ3) is 6.30. The maximum absolute atomic E-state index is 15.0. The van der Waals surface area contributed by atoms with E-state index in [4.69, 9.17) is 14.8 Å². The first-order valence-corrected chi connectivity index (χ1v) is 19.4. The molecule has 1 N–H and O–H groups in total. The van der Waals surface area contributed by atoms with Crippen LogP contribution in [0, 0.1) is 11.6 Å². The molecule has 1 aliphatic rings. The maximum atomic E-state index is 15.0. The Morgan fingerprint density at radius 2 is 1.68 bits per heavy atom. The lowest BCUT2D eigenvalue weighted by atomic mass is 10.0. The van der Waals surface area contributed by atoms with Crippen LogP contribution in [0.1, 0.15) is 19.8 Å². The molecule has 12 heteroatoms. The maximum Gasteiger partial charge on any atom is 0.213 e. The highest BCUT2D eigenvalue weighted by Gasteiger charge is 2.29. The van der Waals surface area contributed by atoms with E-state index in [1.165, 1.54) is 22.5 Å². The lowest BCUT2D eigenvalue weighted by molar-refractivity contribution is 0.0820. The topological polar surface area (TPSA) is 89.4 Å². The Morgan fingerprint density at radius 1 is 1.02 bits per heavy atom. The second kappa shape index (κ2) is 11.7. The zero-order chi connectivity index (χ0) is 29.4. The number of halogens is 2. The van der Waals surface area contributed by atoms with E-state index in [2.05, 4.69) is 25.0 Å². The van der Waals surface area contributed by atoms with Gasteiger partial charge in [0.1, 0.15) is 23.9 Å². The Labute approximate surface area is 240 Å². The average Bonchev–Trinajstić information content (AvgIpc) is 3.28. The number of rotatable bonds is 10. The van der Waals surface area contributed by atoms with Crippen molar-refractivity contribution in [2.24, 2.45) is 0 Å². The first kappa shape index (κ1) is 29.6. The molecule has 41 heavy (non-hydrogen) atoms. The highest BCUT2D eigenvalue weighted by atomic mass is 32.2. The van der Waals surface area contributed by atoms with Gasteiger partial charge in [-0.25, -0.2) is 31.2 Å². The Kier molecular flexibility index (Phi) is 8.47. The Balaban J connectivity index is 1.58. The van der Waals surface area contributed by atoms with Gasteiger partial charge in [0.25, 0.3) is 0 Å². The van der Waals surface area contributed by atoms with E-state index < -0.39 is 29.7 Å². The zero-order valence-corrected chi connectivity index (χ0v) is 25.8. The van der Waals surface area contributed by atoms with Crippen molar-refractivity contribution in [2.75, 3.05) is 30.8 Å². The standard InChI is InChI=1S/C29H37F2N5O3SSi/c1-5-40(37,38)35-15-13-20(14-16-35)32-29-27-28(36(34-29)19-39-17-18-41(2,3)4)22-10-7-6-9-21(22)26(33-27)25-23(30)11-8-12-24(25)31/h6-12,20H,5,13-19H2,1-4H3,(H,32,34). The van der Waals surface area contributed by atoms with Crippen LogP contribution in [0.5, 0.6) is 0 Å². The lowest BCUT2D eigenvalue weighted by Crippen LogP contribution is -2.43. The van der Waals surface area contributed by atoms with Gasteiger partial charge in [-0.1, -0.05) is 50.0 Å². The molecule has 1 aliphatic heterocycles. The fourth-order valence-electron chi connectivity index (χ4n) is 5.18. The van der Waals surface area contributed by atoms with Crippen LogP contribution in [0.2, 0.25) is 25.7 Å². The summed E-state index contributed by atoms with van der Waals surface area (Å²) in [5.74, 6) is -0.829. The minimum atomic E-state index is -3.25. The van der Waals surface area contributed by atoms with E-state index in [0.29, 0.717) is 54.8 Å². The van der Waals surface area contributed by atoms with Gasteiger partial charge < -0.3 is 10.1 Å². The predicted octanol–water partition coefficient (Wildman–Crippen LogP) is 6.07. The first-order valence-electron chi connectivity index (χ1n) is 14.0. The average molecular weight is 602 g/mol. The number of pyridine rings is 1. The first-order chi connectivity index (χ1) is 19.5. The van der Waals surface area contributed by atoms with E-state index in [1.54, 1.807) is 11.6 Å². The van der Waals surface area contributed by atoms with E-state index >= 15 is 8.78 Å². The van der Waals surface area contributed by atoms with Gasteiger partial charge in [0.2, 0.25) is 10.0 Å². The summed E-state index contributed by atoms with van der Waals surface area (Å²) in [6.07, 6.45) is 1.20. The Hall–Kier alpha value is -2.93. The van der Waals surface area contributed by atoms with E-state index in [9.17, 15) is 8.42 Å². The normalized spacial score (nSPS) is 15.7. The van der Waals surface area contributed by atoms with Crippen molar-refractivity contribution < 1.29 is 21.9 Å². The summed E-state index contributed by atoms with van der Waals surface area (Å²) in [6, 6.07) is 12.2. The largest absolute Gasteiger partial charge is 0.364 e. The van der Waals surface area contributed by atoms with Gasteiger partial charge in [0.05, 0.1) is 22.5 Å². The van der Waals surface area contributed by atoms with Gasteiger partial charge in [0.15, 0.2) is 5.82 Å². The summed E-state index contributed by atoms with van der Waals surface area (Å²) in [5.41, 5.74) is 1.21. The van der Waals surface area contributed by atoms with Crippen LogP contribution in [0.25, 0.3) is 33.1 Å². The third-order valence-corrected chi connectivity index (χ3v) is 11.1. The molecule has 220 valence electrons. The molecule has 0 aliphatic carbocycles. The van der Waals surface area contributed by atoms with E-state index in [1.807, 2.05) is 24.3 Å². The summed E-state index contributed by atoms with van der Waals surface area (Å²) in [5, 5.41) is 9.68. The number of nitrogens with one attached hydrogen (secondary N) is 1. The number of hydrogen-bond acceptors (Lipinski definition) is 6. The van der Waals surface area contributed by atoms with E-state index in [0.717, 1.165) is 11.4 Å². The molecule has 4 aromatic rings. The predicted molar refractivity (Wildman–Crippen MR) is 162 cm³/mol. The molecule has 0 saturated carbocycles. The summed E-state index contributed by atoms with van der Waals surface area (Å²) in [7, 11) is -4.54. The molecule has 1 saturated heterocycles. The minimum Gasteiger partial charge on any atom is -0.364 e. The monoisotopic (exact) mass is 601 g/mol. The zero-order valence-electron chi connectivity index (χ0n) is 24.0. The summed E-state index contributed by atoms with van der Waals surface area (Å²) < 4.78 is 64.1. The highest BCUT2D eigenvalue weighted by Crippen LogP contribution is 2.37. The van der Waals surface area contributed by atoms with Crippen LogP contribution >= 0.6 is 0 Å². The number of fused-ring (bicyclic) bond motifs is 3. The van der Waals surface area contributed by atoms with Gasteiger partial charge in [-0.15, -0.1) is 0 Å². The van der Waals surface area contributed by atoms with Gasteiger partial charge >= 0.3 is 0 Å². The Morgan fingerprint density at radius 3 is 2.32 bits per heavy atom. The molecular weight excluding hydrogens is 565 g/mol. The van der Waals surface area contributed by atoms with Gasteiger partial charge in [-0.05, 0) is 37.9 Å². The quantitative estimate of drug-likeness (QED) is 0.175. The van der Waals surface area contributed by atoms with Crippen LogP contribution in [-0.2, 0) is 21.5 Å². The van der Waals surface area contributed by atoms with Crippen molar-refractivity contribution in [2.45, 2.75) is 58.2 Å². The van der Waals surface area contributed by atoms with Crippen LogP contribution in [0.15, 0.2) is 42.5 Å². The number of anilines is 1. The van der Waals surface area contributed by atoms with Crippen molar-refractivity contribution in [3.63, 3.8) is 0 Å². The van der Waals surface area contributed by atoms with Gasteiger partial charge in [-0.3, -0.25) is 0 Å². The van der Waals surface area contributed by atoms with Crippen molar-refractivity contribution >= 4 is 45.7 Å². The highest BCUT2D eigenvalue weighted by molar-refractivity contribution is 7.89. The van der Waals surface area contributed by atoms with Crippen LogP contribution in [0.3, 0.4) is 0 Å². The molecule has 2 aromatic heterocycles. The molecule has 0 amide bonds. The smallest absolute Gasteiger partial charge is 0.213 e. The van der Waals surface area contributed by atoms with Crippen LogP contribution in [-0.4, -0.2) is 67.1 Å². The number of piperidine rings is 1. The Bertz CT molecular complexity index is 1640. The molecule has 1 fully saturated rings. The van der Waals surface area contributed by atoms with Crippen LogP contribution in [0.4, 0.5) is 14.6 Å². The SMILES string of the molecule is CCS(=O)(=O)N1CCC(Nc2nn(COCC[Si](C)(C)C)c3c2nc(-c2c(F)cccc2F)c2ccccc23)CC1. The number of ether oxygens (including phenoxy) is 1. The third-order valence-electron chi connectivity index (χ3n) is 7.55. The van der Waals surface area contributed by atoms with Gasteiger partial charge in [-0.2, -0.15) is 5.10 Å². The van der Waals surface area contributed by atoms with Crippen molar-refractivity contribution in [1.82, 2.24) is 19.1 Å². The number of benzene rings is 2. The molecule has 0 bridgehead atoms. The fraction of sp³-hybridized carbons (Fsp3) is 0.448.